The minimum Gasteiger partial charge on any atom is -0.342 e. The molecular formula is C24H16ClIN2. The van der Waals surface area contributed by atoms with E-state index in [-0.39, 0.29) is 0 Å². The maximum atomic E-state index is 9.69. The van der Waals surface area contributed by atoms with Crippen LogP contribution in [0.1, 0.15) is 16.7 Å². The van der Waals surface area contributed by atoms with Crippen LogP contribution in [-0.2, 0) is 6.54 Å². The number of fused-ring (bicyclic) bond motifs is 1. The Morgan fingerprint density at radius 1 is 1.00 bits per heavy atom. The number of halogens is 2. The van der Waals surface area contributed by atoms with Crippen molar-refractivity contribution in [3.8, 4) is 6.07 Å². The molecule has 4 aromatic rings. The van der Waals surface area contributed by atoms with Crippen LogP contribution in [0.3, 0.4) is 0 Å². The van der Waals surface area contributed by atoms with E-state index < -0.39 is 0 Å². The average molecular weight is 495 g/mol. The maximum absolute atomic E-state index is 9.69. The lowest BCUT2D eigenvalue weighted by Gasteiger charge is -2.05. The van der Waals surface area contributed by atoms with E-state index in [1.807, 2.05) is 42.5 Å². The van der Waals surface area contributed by atoms with Gasteiger partial charge in [0.2, 0.25) is 0 Å². The van der Waals surface area contributed by atoms with Crippen molar-refractivity contribution < 1.29 is 0 Å². The molecule has 0 saturated carbocycles. The van der Waals surface area contributed by atoms with E-state index in [4.69, 9.17) is 11.6 Å². The van der Waals surface area contributed by atoms with Gasteiger partial charge in [-0.15, -0.1) is 0 Å². The Morgan fingerprint density at radius 2 is 1.71 bits per heavy atom. The summed E-state index contributed by atoms with van der Waals surface area (Å²) in [6, 6.07) is 26.5. The normalized spacial score (nSPS) is 11.5. The van der Waals surface area contributed by atoms with E-state index in [0.29, 0.717) is 10.6 Å². The lowest BCUT2D eigenvalue weighted by atomic mass is 10.0. The fraction of sp³-hybridized carbons (Fsp3) is 0.0417. The van der Waals surface area contributed by atoms with Crippen molar-refractivity contribution in [2.24, 2.45) is 0 Å². The number of rotatable bonds is 4. The highest BCUT2D eigenvalue weighted by Gasteiger charge is 2.09. The molecule has 0 bridgehead atoms. The first-order chi connectivity index (χ1) is 13.6. The van der Waals surface area contributed by atoms with Crippen molar-refractivity contribution >= 4 is 56.7 Å². The zero-order valence-electron chi connectivity index (χ0n) is 14.9. The Labute approximate surface area is 182 Å². The molecule has 0 spiro atoms. The first kappa shape index (κ1) is 18.8. The molecule has 0 aliphatic carbocycles. The largest absolute Gasteiger partial charge is 0.342 e. The Morgan fingerprint density at radius 3 is 2.43 bits per heavy atom. The molecule has 0 aliphatic heterocycles. The third kappa shape index (κ3) is 3.99. The molecule has 0 fully saturated rings. The summed E-state index contributed by atoms with van der Waals surface area (Å²) in [7, 11) is 0. The van der Waals surface area contributed by atoms with Crippen molar-refractivity contribution in [3.63, 3.8) is 0 Å². The number of allylic oxidation sites excluding steroid dienone is 1. The topological polar surface area (TPSA) is 28.7 Å². The number of hydrogen-bond acceptors (Lipinski definition) is 1. The van der Waals surface area contributed by atoms with Crippen LogP contribution in [0.2, 0.25) is 5.02 Å². The van der Waals surface area contributed by atoms with E-state index >= 15 is 0 Å². The zero-order valence-corrected chi connectivity index (χ0v) is 17.9. The van der Waals surface area contributed by atoms with E-state index in [0.717, 1.165) is 28.6 Å². The summed E-state index contributed by atoms with van der Waals surface area (Å²) in [5, 5.41) is 11.5. The molecule has 1 heterocycles. The fourth-order valence-corrected chi connectivity index (χ4v) is 3.76. The molecule has 2 nitrogen and oxygen atoms in total. The van der Waals surface area contributed by atoms with Crippen molar-refractivity contribution in [1.82, 2.24) is 4.57 Å². The van der Waals surface area contributed by atoms with Crippen LogP contribution < -0.4 is 0 Å². The third-order valence-electron chi connectivity index (χ3n) is 4.66. The number of para-hydroxylation sites is 1. The van der Waals surface area contributed by atoms with E-state index in [9.17, 15) is 5.26 Å². The SMILES string of the molecule is N#C/C(=C/c1cn(Cc2ccc(I)cc2)c2ccccc12)c1ccc(Cl)cc1. The fourth-order valence-electron chi connectivity index (χ4n) is 3.27. The molecule has 0 amide bonds. The summed E-state index contributed by atoms with van der Waals surface area (Å²) in [4.78, 5) is 0. The van der Waals surface area contributed by atoms with Crippen LogP contribution in [0.4, 0.5) is 0 Å². The number of benzene rings is 3. The van der Waals surface area contributed by atoms with Gasteiger partial charge in [0.25, 0.3) is 0 Å². The summed E-state index contributed by atoms with van der Waals surface area (Å²) in [6.45, 7) is 0.786. The molecular weight excluding hydrogens is 479 g/mol. The van der Waals surface area contributed by atoms with Crippen molar-refractivity contribution in [1.29, 1.82) is 5.26 Å². The van der Waals surface area contributed by atoms with Crippen molar-refractivity contribution in [2.75, 3.05) is 0 Å². The number of hydrogen-bond donors (Lipinski definition) is 0. The highest BCUT2D eigenvalue weighted by molar-refractivity contribution is 14.1. The van der Waals surface area contributed by atoms with Crippen LogP contribution in [0.15, 0.2) is 79.0 Å². The van der Waals surface area contributed by atoms with Crippen molar-refractivity contribution in [3.05, 3.63) is 104 Å². The quantitative estimate of drug-likeness (QED) is 0.221. The van der Waals surface area contributed by atoms with Gasteiger partial charge in [-0.1, -0.05) is 54.1 Å². The summed E-state index contributed by atoms with van der Waals surface area (Å²) >= 11 is 8.30. The highest BCUT2D eigenvalue weighted by Crippen LogP contribution is 2.27. The van der Waals surface area contributed by atoms with Gasteiger partial charge in [-0.3, -0.25) is 0 Å². The number of nitrogens with zero attached hydrogens (tertiary/aromatic N) is 2. The highest BCUT2D eigenvalue weighted by atomic mass is 127. The standard InChI is InChI=1S/C24H16ClIN2/c25-21-9-7-18(8-10-21)19(14-27)13-20-16-28(24-4-2-1-3-23(20)24)15-17-5-11-22(26)12-6-17/h1-13,16H,15H2/b19-13-. The lowest BCUT2D eigenvalue weighted by Crippen LogP contribution is -1.97. The van der Waals surface area contributed by atoms with Gasteiger partial charge in [-0.05, 0) is 70.1 Å². The second-order valence-electron chi connectivity index (χ2n) is 6.53. The molecule has 0 aliphatic rings. The number of aromatic nitrogens is 1. The van der Waals surface area contributed by atoms with Crippen LogP contribution >= 0.6 is 34.2 Å². The molecule has 3 aromatic carbocycles. The van der Waals surface area contributed by atoms with Gasteiger partial charge in [-0.25, -0.2) is 0 Å². The molecule has 136 valence electrons. The summed E-state index contributed by atoms with van der Waals surface area (Å²) < 4.78 is 3.46. The molecule has 28 heavy (non-hydrogen) atoms. The molecule has 0 atom stereocenters. The molecule has 0 unspecified atom stereocenters. The third-order valence-corrected chi connectivity index (χ3v) is 5.63. The van der Waals surface area contributed by atoms with E-state index in [2.05, 4.69) is 75.8 Å². The Bertz CT molecular complexity index is 1200. The smallest absolute Gasteiger partial charge is 0.0998 e. The Kier molecular flexibility index (Phi) is 5.52. The minimum atomic E-state index is 0.619. The minimum absolute atomic E-state index is 0.619. The van der Waals surface area contributed by atoms with Gasteiger partial charge in [0.1, 0.15) is 0 Å². The first-order valence-electron chi connectivity index (χ1n) is 8.84. The summed E-state index contributed by atoms with van der Waals surface area (Å²) in [5.74, 6) is 0. The van der Waals surface area contributed by atoms with E-state index in [1.54, 1.807) is 0 Å². The van der Waals surface area contributed by atoms with Gasteiger partial charge >= 0.3 is 0 Å². The van der Waals surface area contributed by atoms with Gasteiger partial charge in [0, 0.05) is 37.8 Å². The van der Waals surface area contributed by atoms with E-state index in [1.165, 1.54) is 9.13 Å². The Balaban J connectivity index is 1.78. The lowest BCUT2D eigenvalue weighted by molar-refractivity contribution is 0.836. The Hall–Kier alpha value is -2.55. The van der Waals surface area contributed by atoms with Gasteiger partial charge in [-0.2, -0.15) is 5.26 Å². The average Bonchev–Trinajstić information content (AvgIpc) is 3.06. The molecule has 4 heteroatoms. The predicted molar refractivity (Wildman–Crippen MR) is 125 cm³/mol. The van der Waals surface area contributed by atoms with Gasteiger partial charge in [0.05, 0.1) is 11.6 Å². The van der Waals surface area contributed by atoms with Crippen LogP contribution in [0, 0.1) is 14.9 Å². The first-order valence-corrected chi connectivity index (χ1v) is 10.3. The van der Waals surface area contributed by atoms with Crippen LogP contribution in [0.25, 0.3) is 22.6 Å². The molecule has 0 saturated heterocycles. The number of nitriles is 1. The van der Waals surface area contributed by atoms with Crippen molar-refractivity contribution in [2.45, 2.75) is 6.54 Å². The van der Waals surface area contributed by atoms with Gasteiger partial charge < -0.3 is 4.57 Å². The molecule has 1 aromatic heterocycles. The predicted octanol–water partition coefficient (Wildman–Crippen LogP) is 7.01. The summed E-state index contributed by atoms with van der Waals surface area (Å²) in [5.41, 5.74) is 4.92. The molecule has 0 radical (unpaired) electrons. The van der Waals surface area contributed by atoms with Gasteiger partial charge in [0.15, 0.2) is 0 Å². The summed E-state index contributed by atoms with van der Waals surface area (Å²) in [6.07, 6.45) is 4.08. The van der Waals surface area contributed by atoms with Crippen LogP contribution in [-0.4, -0.2) is 4.57 Å². The zero-order chi connectivity index (χ0) is 19.5. The maximum Gasteiger partial charge on any atom is 0.0998 e. The molecule has 4 rings (SSSR count). The monoisotopic (exact) mass is 494 g/mol. The molecule has 0 N–H and O–H groups in total. The van der Waals surface area contributed by atoms with Crippen LogP contribution in [0.5, 0.6) is 0 Å². The second kappa shape index (κ2) is 8.22. The second-order valence-corrected chi connectivity index (χ2v) is 8.21.